The summed E-state index contributed by atoms with van der Waals surface area (Å²) in [6.45, 7) is 0.723. The Morgan fingerprint density at radius 2 is 2.05 bits per heavy atom. The molecule has 0 bridgehead atoms. The first-order chi connectivity index (χ1) is 9.66. The monoisotopic (exact) mass is 289 g/mol. The van der Waals surface area contributed by atoms with Crippen molar-refractivity contribution in [1.29, 1.82) is 0 Å². The number of hydrogen-bond donors (Lipinski definition) is 1. The fourth-order valence-electron chi connectivity index (χ4n) is 2.61. The number of ketones is 1. The molecular formula is C16H13ClFNO. The van der Waals surface area contributed by atoms with E-state index >= 15 is 0 Å². The number of benzene rings is 2. The summed E-state index contributed by atoms with van der Waals surface area (Å²) in [4.78, 5) is 12.7. The van der Waals surface area contributed by atoms with Crippen molar-refractivity contribution in [3.63, 3.8) is 0 Å². The van der Waals surface area contributed by atoms with Gasteiger partial charge in [0.15, 0.2) is 5.78 Å². The topological polar surface area (TPSA) is 29.1 Å². The van der Waals surface area contributed by atoms with Crippen LogP contribution in [0.3, 0.4) is 0 Å². The summed E-state index contributed by atoms with van der Waals surface area (Å²) in [5.74, 6) is -0.838. The molecule has 20 heavy (non-hydrogen) atoms. The van der Waals surface area contributed by atoms with E-state index in [9.17, 15) is 9.18 Å². The molecule has 0 spiro atoms. The maximum Gasteiger partial charge on any atom is 0.172 e. The van der Waals surface area contributed by atoms with Crippen molar-refractivity contribution >= 4 is 23.1 Å². The lowest BCUT2D eigenvalue weighted by Crippen LogP contribution is -2.23. The molecule has 3 rings (SSSR count). The van der Waals surface area contributed by atoms with Gasteiger partial charge in [-0.05, 0) is 36.2 Å². The van der Waals surface area contributed by atoms with Crippen LogP contribution in [0.1, 0.15) is 28.3 Å². The Labute approximate surface area is 121 Å². The van der Waals surface area contributed by atoms with Gasteiger partial charge >= 0.3 is 0 Å². The van der Waals surface area contributed by atoms with Gasteiger partial charge in [-0.1, -0.05) is 29.8 Å². The smallest absolute Gasteiger partial charge is 0.172 e. The number of nitrogens with one attached hydrogen (secondary N) is 1. The lowest BCUT2D eigenvalue weighted by atomic mass is 9.85. The van der Waals surface area contributed by atoms with E-state index in [-0.39, 0.29) is 17.3 Å². The Kier molecular flexibility index (Phi) is 3.45. The second-order valence-electron chi connectivity index (χ2n) is 4.84. The minimum Gasteiger partial charge on any atom is -0.385 e. The number of Topliss-reactive ketones (excluding diaryl/α,β-unsaturated/α-hetero) is 1. The molecule has 0 amide bonds. The fraction of sp³-hybridized carbons (Fsp3) is 0.188. The van der Waals surface area contributed by atoms with E-state index < -0.39 is 5.82 Å². The number of anilines is 1. The quantitative estimate of drug-likeness (QED) is 0.837. The molecule has 0 aliphatic carbocycles. The normalized spacial score (nSPS) is 17.2. The fourth-order valence-corrected chi connectivity index (χ4v) is 2.83. The molecule has 1 aliphatic rings. The zero-order valence-electron chi connectivity index (χ0n) is 10.7. The van der Waals surface area contributed by atoms with Gasteiger partial charge in [-0.25, -0.2) is 4.39 Å². The molecule has 4 heteroatoms. The minimum absolute atomic E-state index is 0.122. The first-order valence-electron chi connectivity index (χ1n) is 6.49. The lowest BCUT2D eigenvalue weighted by molar-refractivity contribution is 0.0955. The van der Waals surface area contributed by atoms with Crippen LogP contribution in [0.15, 0.2) is 42.5 Å². The highest BCUT2D eigenvalue weighted by Gasteiger charge is 2.28. The summed E-state index contributed by atoms with van der Waals surface area (Å²) in [5.41, 5.74) is 2.17. The largest absolute Gasteiger partial charge is 0.385 e. The van der Waals surface area contributed by atoms with Crippen molar-refractivity contribution in [2.75, 3.05) is 11.9 Å². The number of halogens is 2. The summed E-state index contributed by atoms with van der Waals surface area (Å²) in [6, 6.07) is 11.6. The van der Waals surface area contributed by atoms with Gasteiger partial charge in [-0.15, -0.1) is 0 Å². The molecule has 1 aliphatic heterocycles. The zero-order valence-corrected chi connectivity index (χ0v) is 11.5. The number of para-hydroxylation sites is 1. The number of carbonyl (C=O) groups excluding carboxylic acids is 1. The summed E-state index contributed by atoms with van der Waals surface area (Å²) < 4.78 is 13.3. The van der Waals surface area contributed by atoms with E-state index in [1.54, 1.807) is 0 Å². The highest BCUT2D eigenvalue weighted by Crippen LogP contribution is 2.35. The Bertz CT molecular complexity index is 671. The van der Waals surface area contributed by atoms with Crippen molar-refractivity contribution in [1.82, 2.24) is 0 Å². The van der Waals surface area contributed by atoms with Crippen LogP contribution >= 0.6 is 11.6 Å². The Balaban J connectivity index is 2.02. The Morgan fingerprint density at radius 3 is 2.90 bits per heavy atom. The van der Waals surface area contributed by atoms with Crippen molar-refractivity contribution in [3.05, 3.63) is 64.4 Å². The zero-order chi connectivity index (χ0) is 14.1. The van der Waals surface area contributed by atoms with E-state index in [0.717, 1.165) is 17.8 Å². The molecule has 0 fully saturated rings. The molecular weight excluding hydrogens is 277 g/mol. The maximum absolute atomic E-state index is 13.3. The van der Waals surface area contributed by atoms with Crippen LogP contribution < -0.4 is 5.32 Å². The molecule has 0 aromatic heterocycles. The van der Waals surface area contributed by atoms with Crippen LogP contribution in [-0.2, 0) is 0 Å². The number of fused-ring (bicyclic) bond motifs is 1. The van der Waals surface area contributed by atoms with Crippen LogP contribution in [-0.4, -0.2) is 12.3 Å². The minimum atomic E-state index is -0.444. The van der Waals surface area contributed by atoms with Crippen LogP contribution in [0.4, 0.5) is 10.1 Å². The van der Waals surface area contributed by atoms with Gasteiger partial charge in [0, 0.05) is 17.8 Å². The first kappa shape index (κ1) is 13.1. The predicted octanol–water partition coefficient (Wildman–Crippen LogP) is 4.26. The molecule has 1 unspecified atom stereocenters. The molecule has 1 atom stereocenters. The number of rotatable bonds is 2. The maximum atomic E-state index is 13.3. The third kappa shape index (κ3) is 2.29. The van der Waals surface area contributed by atoms with Gasteiger partial charge in [-0.3, -0.25) is 4.79 Å². The molecule has 0 radical (unpaired) electrons. The number of hydrogen-bond acceptors (Lipinski definition) is 2. The van der Waals surface area contributed by atoms with Gasteiger partial charge in [0.1, 0.15) is 5.82 Å². The van der Waals surface area contributed by atoms with Crippen molar-refractivity contribution in [2.24, 2.45) is 0 Å². The first-order valence-corrected chi connectivity index (χ1v) is 6.86. The average molecular weight is 290 g/mol. The average Bonchev–Trinajstić information content (AvgIpc) is 2.48. The number of carbonyl (C=O) groups is 1. The third-order valence-electron chi connectivity index (χ3n) is 3.60. The molecule has 102 valence electrons. The van der Waals surface area contributed by atoms with Crippen molar-refractivity contribution in [2.45, 2.75) is 12.3 Å². The molecule has 2 aromatic carbocycles. The summed E-state index contributed by atoms with van der Waals surface area (Å²) >= 11 is 6.03. The van der Waals surface area contributed by atoms with Crippen LogP contribution in [0.2, 0.25) is 5.02 Å². The van der Waals surface area contributed by atoms with E-state index in [1.807, 2.05) is 24.3 Å². The molecule has 2 aromatic rings. The predicted molar refractivity (Wildman–Crippen MR) is 78.0 cm³/mol. The second kappa shape index (κ2) is 5.25. The Hall–Kier alpha value is -1.87. The summed E-state index contributed by atoms with van der Waals surface area (Å²) in [6.07, 6.45) is 0.683. The van der Waals surface area contributed by atoms with Crippen LogP contribution in [0.25, 0.3) is 0 Å². The molecule has 2 nitrogen and oxygen atoms in total. The molecule has 0 saturated carbocycles. The van der Waals surface area contributed by atoms with Gasteiger partial charge in [-0.2, -0.15) is 0 Å². The van der Waals surface area contributed by atoms with E-state index in [1.165, 1.54) is 18.2 Å². The lowest BCUT2D eigenvalue weighted by Gasteiger charge is -2.26. The van der Waals surface area contributed by atoms with E-state index in [2.05, 4.69) is 5.32 Å². The second-order valence-corrected chi connectivity index (χ2v) is 5.25. The molecule has 0 saturated heterocycles. The molecule has 1 heterocycles. The van der Waals surface area contributed by atoms with Crippen LogP contribution in [0, 0.1) is 5.82 Å². The van der Waals surface area contributed by atoms with E-state index in [4.69, 9.17) is 11.6 Å². The SMILES string of the molecule is O=C(c1cc(F)ccc1Cl)C1CCNc2ccccc21. The van der Waals surface area contributed by atoms with Gasteiger partial charge in [0.2, 0.25) is 0 Å². The summed E-state index contributed by atoms with van der Waals surface area (Å²) in [5, 5.41) is 3.56. The van der Waals surface area contributed by atoms with Gasteiger partial charge in [0.25, 0.3) is 0 Å². The standard InChI is InChI=1S/C16H13ClFNO/c17-14-6-5-10(18)9-13(14)16(20)12-7-8-19-15-4-2-1-3-11(12)15/h1-6,9,12,19H,7-8H2. The van der Waals surface area contributed by atoms with Gasteiger partial charge < -0.3 is 5.32 Å². The van der Waals surface area contributed by atoms with E-state index in [0.29, 0.717) is 11.4 Å². The van der Waals surface area contributed by atoms with Crippen LogP contribution in [0.5, 0.6) is 0 Å². The van der Waals surface area contributed by atoms with Gasteiger partial charge in [0.05, 0.1) is 10.9 Å². The highest BCUT2D eigenvalue weighted by molar-refractivity contribution is 6.34. The summed E-state index contributed by atoms with van der Waals surface area (Å²) in [7, 11) is 0. The molecule has 1 N–H and O–H groups in total. The highest BCUT2D eigenvalue weighted by atomic mass is 35.5. The Morgan fingerprint density at radius 1 is 1.25 bits per heavy atom. The van der Waals surface area contributed by atoms with Crippen molar-refractivity contribution < 1.29 is 9.18 Å². The third-order valence-corrected chi connectivity index (χ3v) is 3.92. The van der Waals surface area contributed by atoms with Crippen molar-refractivity contribution in [3.8, 4) is 0 Å².